The van der Waals surface area contributed by atoms with Gasteiger partial charge in [-0.05, 0) is 50.2 Å². The maximum atomic E-state index is 12.8. The van der Waals surface area contributed by atoms with Crippen molar-refractivity contribution in [1.29, 1.82) is 0 Å². The van der Waals surface area contributed by atoms with E-state index in [0.29, 0.717) is 12.2 Å². The van der Waals surface area contributed by atoms with Crippen LogP contribution in [-0.2, 0) is 16.1 Å². The Balaban J connectivity index is 1.77. The highest BCUT2D eigenvalue weighted by Crippen LogP contribution is 2.16. The van der Waals surface area contributed by atoms with Crippen molar-refractivity contribution >= 4 is 29.3 Å². The lowest BCUT2D eigenvalue weighted by Crippen LogP contribution is -2.33. The van der Waals surface area contributed by atoms with Gasteiger partial charge in [-0.3, -0.25) is 9.59 Å². The zero-order valence-corrected chi connectivity index (χ0v) is 15.2. The third-order valence-corrected chi connectivity index (χ3v) is 4.64. The second-order valence-electron chi connectivity index (χ2n) is 5.71. The summed E-state index contributed by atoms with van der Waals surface area (Å²) in [5, 5.41) is 2.31. The summed E-state index contributed by atoms with van der Waals surface area (Å²) in [6.45, 7) is 4.00. The topological polar surface area (TPSA) is 62.6 Å². The predicted octanol–water partition coefficient (Wildman–Crippen LogP) is 3.45. The molecule has 1 unspecified atom stereocenters. The maximum Gasteiger partial charge on any atom is 0.235 e. The monoisotopic (exact) mass is 364 g/mol. The summed E-state index contributed by atoms with van der Waals surface area (Å²) >= 11 is 1.25. The van der Waals surface area contributed by atoms with Gasteiger partial charge in [0.25, 0.3) is 0 Å². The first-order valence-corrected chi connectivity index (χ1v) is 8.87. The molecule has 0 saturated heterocycles. The van der Waals surface area contributed by atoms with Crippen molar-refractivity contribution in [2.24, 2.45) is 0 Å². The van der Waals surface area contributed by atoms with Gasteiger partial charge in [0.15, 0.2) is 0 Å². The normalized spacial score (nSPS) is 11.8. The molecule has 0 spiro atoms. The smallest absolute Gasteiger partial charge is 0.235 e. The predicted molar refractivity (Wildman–Crippen MR) is 96.9 cm³/mol. The van der Waals surface area contributed by atoms with E-state index < -0.39 is 0 Å². The van der Waals surface area contributed by atoms with Gasteiger partial charge in [-0.25, -0.2) is 4.39 Å². The number of carbonyl (C=O) groups is 2. The summed E-state index contributed by atoms with van der Waals surface area (Å²) in [5.41, 5.74) is 0.524. The van der Waals surface area contributed by atoms with Gasteiger partial charge >= 0.3 is 0 Å². The Morgan fingerprint density at radius 2 is 1.92 bits per heavy atom. The number of furan rings is 1. The maximum absolute atomic E-state index is 12.8. The van der Waals surface area contributed by atoms with E-state index in [-0.39, 0.29) is 28.6 Å². The number of hydrogen-bond acceptors (Lipinski definition) is 4. The van der Waals surface area contributed by atoms with Crippen molar-refractivity contribution in [3.63, 3.8) is 0 Å². The Labute approximate surface area is 150 Å². The number of halogens is 1. The van der Waals surface area contributed by atoms with Gasteiger partial charge < -0.3 is 14.6 Å². The molecule has 7 heteroatoms. The quantitative estimate of drug-likeness (QED) is 0.817. The molecule has 0 saturated carbocycles. The van der Waals surface area contributed by atoms with E-state index in [4.69, 9.17) is 4.42 Å². The third kappa shape index (κ3) is 5.94. The summed E-state index contributed by atoms with van der Waals surface area (Å²) in [5.74, 6) is 0.990. The van der Waals surface area contributed by atoms with E-state index in [0.717, 1.165) is 11.5 Å². The number of nitrogens with zero attached hydrogens (tertiary/aromatic N) is 1. The molecule has 0 radical (unpaired) electrons. The number of hydrogen-bond donors (Lipinski definition) is 1. The lowest BCUT2D eigenvalue weighted by Gasteiger charge is -2.20. The molecule has 1 aromatic heterocycles. The Morgan fingerprint density at radius 1 is 1.24 bits per heavy atom. The van der Waals surface area contributed by atoms with Gasteiger partial charge in [0, 0.05) is 12.7 Å². The fourth-order valence-corrected chi connectivity index (χ4v) is 2.99. The minimum Gasteiger partial charge on any atom is -0.464 e. The zero-order chi connectivity index (χ0) is 18.4. The second kappa shape index (κ2) is 8.71. The van der Waals surface area contributed by atoms with Gasteiger partial charge in [-0.2, -0.15) is 0 Å². The SMILES string of the molecule is Cc1ccc(CN(C)C(=O)C(C)SCC(=O)Nc2ccc(F)cc2)o1. The van der Waals surface area contributed by atoms with Crippen LogP contribution in [0, 0.1) is 12.7 Å². The molecule has 134 valence electrons. The number of carbonyl (C=O) groups excluding carboxylic acids is 2. The number of amides is 2. The Hall–Kier alpha value is -2.28. The summed E-state index contributed by atoms with van der Waals surface area (Å²) in [4.78, 5) is 25.9. The van der Waals surface area contributed by atoms with Crippen molar-refractivity contribution < 1.29 is 18.4 Å². The molecule has 0 fully saturated rings. The highest BCUT2D eigenvalue weighted by molar-refractivity contribution is 8.01. The molecule has 1 atom stereocenters. The first kappa shape index (κ1) is 19.1. The highest BCUT2D eigenvalue weighted by atomic mass is 32.2. The van der Waals surface area contributed by atoms with Crippen LogP contribution in [-0.4, -0.2) is 34.8 Å². The number of nitrogens with one attached hydrogen (secondary N) is 1. The molecule has 2 aromatic rings. The highest BCUT2D eigenvalue weighted by Gasteiger charge is 2.20. The minimum absolute atomic E-state index is 0.0753. The molecule has 0 bridgehead atoms. The van der Waals surface area contributed by atoms with E-state index in [2.05, 4.69) is 5.32 Å². The van der Waals surface area contributed by atoms with Crippen molar-refractivity contribution in [2.45, 2.75) is 25.6 Å². The number of anilines is 1. The standard InChI is InChI=1S/C18H21FN2O3S/c1-12-4-9-16(24-12)10-21(3)18(23)13(2)25-11-17(22)20-15-7-5-14(19)6-8-15/h4-9,13H,10-11H2,1-3H3,(H,20,22). The van der Waals surface area contributed by atoms with E-state index in [1.165, 1.54) is 36.0 Å². The Bertz CT molecular complexity index is 730. The molecule has 0 aliphatic carbocycles. The van der Waals surface area contributed by atoms with Crippen LogP contribution in [0.5, 0.6) is 0 Å². The molecular formula is C18H21FN2O3S. The molecule has 1 heterocycles. The van der Waals surface area contributed by atoms with Gasteiger partial charge in [-0.15, -0.1) is 11.8 Å². The first-order chi connectivity index (χ1) is 11.8. The van der Waals surface area contributed by atoms with Crippen molar-refractivity contribution in [2.75, 3.05) is 18.1 Å². The summed E-state index contributed by atoms with van der Waals surface area (Å²) < 4.78 is 18.3. The average Bonchev–Trinajstić information content (AvgIpc) is 2.98. The van der Waals surface area contributed by atoms with Crippen molar-refractivity contribution in [3.05, 3.63) is 53.7 Å². The Kier molecular flexibility index (Phi) is 6.64. The molecule has 2 amide bonds. The molecular weight excluding hydrogens is 343 g/mol. The van der Waals surface area contributed by atoms with Crippen LogP contribution in [0.15, 0.2) is 40.8 Å². The number of thioether (sulfide) groups is 1. The molecule has 0 aliphatic heterocycles. The molecule has 5 nitrogen and oxygen atoms in total. The van der Waals surface area contributed by atoms with Gasteiger partial charge in [-0.1, -0.05) is 0 Å². The molecule has 1 N–H and O–H groups in total. The largest absolute Gasteiger partial charge is 0.464 e. The average molecular weight is 364 g/mol. The number of rotatable bonds is 7. The molecule has 1 aromatic carbocycles. The zero-order valence-electron chi connectivity index (χ0n) is 14.4. The van der Waals surface area contributed by atoms with Crippen molar-refractivity contribution in [3.8, 4) is 0 Å². The summed E-state index contributed by atoms with van der Waals surface area (Å²) in [6, 6.07) is 9.23. The third-order valence-electron chi connectivity index (χ3n) is 3.51. The van der Waals surface area contributed by atoms with Crippen LogP contribution in [0.3, 0.4) is 0 Å². The van der Waals surface area contributed by atoms with Gasteiger partial charge in [0.1, 0.15) is 17.3 Å². The van der Waals surface area contributed by atoms with Crippen LogP contribution < -0.4 is 5.32 Å². The molecule has 25 heavy (non-hydrogen) atoms. The van der Waals surface area contributed by atoms with Gasteiger partial charge in [0.05, 0.1) is 17.5 Å². The van der Waals surface area contributed by atoms with E-state index >= 15 is 0 Å². The number of aryl methyl sites for hydroxylation is 1. The minimum atomic E-state index is -0.361. The van der Waals surface area contributed by atoms with Crippen LogP contribution >= 0.6 is 11.8 Å². The van der Waals surface area contributed by atoms with E-state index in [9.17, 15) is 14.0 Å². The fraction of sp³-hybridized carbons (Fsp3) is 0.333. The Morgan fingerprint density at radius 3 is 2.52 bits per heavy atom. The van der Waals surface area contributed by atoms with E-state index in [1.807, 2.05) is 19.1 Å². The lowest BCUT2D eigenvalue weighted by atomic mass is 10.3. The lowest BCUT2D eigenvalue weighted by molar-refractivity contribution is -0.129. The molecule has 2 rings (SSSR count). The summed E-state index contributed by atoms with van der Waals surface area (Å²) in [6.07, 6.45) is 0. The fourth-order valence-electron chi connectivity index (χ4n) is 2.19. The van der Waals surface area contributed by atoms with Crippen LogP contribution in [0.25, 0.3) is 0 Å². The van der Waals surface area contributed by atoms with Crippen LogP contribution in [0.1, 0.15) is 18.4 Å². The number of benzene rings is 1. The first-order valence-electron chi connectivity index (χ1n) is 7.82. The van der Waals surface area contributed by atoms with E-state index in [1.54, 1.807) is 18.9 Å². The van der Waals surface area contributed by atoms with Crippen LogP contribution in [0.4, 0.5) is 10.1 Å². The molecule has 0 aliphatic rings. The van der Waals surface area contributed by atoms with Crippen LogP contribution in [0.2, 0.25) is 0 Å². The summed E-state index contributed by atoms with van der Waals surface area (Å²) in [7, 11) is 1.70. The second-order valence-corrected chi connectivity index (χ2v) is 7.04. The van der Waals surface area contributed by atoms with Crippen molar-refractivity contribution in [1.82, 2.24) is 4.90 Å². The van der Waals surface area contributed by atoms with Gasteiger partial charge in [0.2, 0.25) is 11.8 Å².